The molecular formula is C21H29N3O4. The summed E-state index contributed by atoms with van der Waals surface area (Å²) in [5.41, 5.74) is 0.315. The predicted octanol–water partition coefficient (Wildman–Crippen LogP) is 1.63. The van der Waals surface area contributed by atoms with Crippen LogP contribution in [-0.4, -0.2) is 77.8 Å². The van der Waals surface area contributed by atoms with Gasteiger partial charge in [-0.1, -0.05) is 6.07 Å². The molecular weight excluding hydrogens is 358 g/mol. The van der Waals surface area contributed by atoms with Crippen molar-refractivity contribution in [3.8, 4) is 5.75 Å². The quantitative estimate of drug-likeness (QED) is 0.790. The summed E-state index contributed by atoms with van der Waals surface area (Å²) in [6, 6.07) is 7.10. The zero-order chi connectivity index (χ0) is 20.5. The molecule has 7 nitrogen and oxygen atoms in total. The Balaban J connectivity index is 1.57. The number of rotatable bonds is 3. The van der Waals surface area contributed by atoms with Crippen LogP contribution < -0.4 is 4.74 Å². The van der Waals surface area contributed by atoms with E-state index in [2.05, 4.69) is 0 Å². The van der Waals surface area contributed by atoms with Crippen LogP contribution >= 0.6 is 0 Å². The Morgan fingerprint density at radius 2 is 1.71 bits per heavy atom. The van der Waals surface area contributed by atoms with Gasteiger partial charge in [-0.2, -0.15) is 0 Å². The smallest absolute Gasteiger partial charge is 0.254 e. The normalized spacial score (nSPS) is 20.5. The minimum atomic E-state index is -0.285. The third-order valence-electron chi connectivity index (χ3n) is 5.48. The van der Waals surface area contributed by atoms with Crippen molar-refractivity contribution in [2.45, 2.75) is 32.7 Å². The molecule has 7 heteroatoms. The standard InChI is InChI=1S/C21H29N3O4/c1-21(2,3)24-14-16(13-18(24)25)20(27)23-10-8-22(9-11-23)19(26)15-6-5-7-17(12-15)28-4/h5-7,12,16H,8-11,13-14H2,1-4H3. The molecule has 2 heterocycles. The number of amides is 3. The van der Waals surface area contributed by atoms with E-state index in [1.807, 2.05) is 20.8 Å². The van der Waals surface area contributed by atoms with Crippen LogP contribution in [0.1, 0.15) is 37.6 Å². The highest BCUT2D eigenvalue weighted by molar-refractivity contribution is 5.95. The number of hydrogen-bond acceptors (Lipinski definition) is 4. The van der Waals surface area contributed by atoms with Gasteiger partial charge in [0.2, 0.25) is 11.8 Å². The van der Waals surface area contributed by atoms with Crippen molar-refractivity contribution >= 4 is 17.7 Å². The van der Waals surface area contributed by atoms with Crippen LogP contribution in [0.25, 0.3) is 0 Å². The van der Waals surface area contributed by atoms with Crippen LogP contribution in [0.2, 0.25) is 0 Å². The van der Waals surface area contributed by atoms with Crippen molar-refractivity contribution in [3.63, 3.8) is 0 Å². The van der Waals surface area contributed by atoms with E-state index in [-0.39, 0.29) is 35.6 Å². The van der Waals surface area contributed by atoms with Gasteiger partial charge in [0.15, 0.2) is 0 Å². The molecule has 2 fully saturated rings. The van der Waals surface area contributed by atoms with Gasteiger partial charge >= 0.3 is 0 Å². The molecule has 0 spiro atoms. The molecule has 0 bridgehead atoms. The monoisotopic (exact) mass is 387 g/mol. The second-order valence-corrected chi connectivity index (χ2v) is 8.43. The molecule has 1 atom stereocenters. The van der Waals surface area contributed by atoms with Crippen molar-refractivity contribution < 1.29 is 19.1 Å². The molecule has 1 aromatic rings. The molecule has 1 aromatic carbocycles. The second kappa shape index (κ2) is 7.81. The molecule has 3 rings (SSSR count). The molecule has 0 aliphatic carbocycles. The minimum absolute atomic E-state index is 0.0218. The third-order valence-corrected chi connectivity index (χ3v) is 5.48. The molecule has 0 radical (unpaired) electrons. The maximum absolute atomic E-state index is 12.9. The molecule has 1 unspecified atom stereocenters. The fourth-order valence-electron chi connectivity index (χ4n) is 3.85. The van der Waals surface area contributed by atoms with Crippen molar-refractivity contribution in [2.75, 3.05) is 39.8 Å². The lowest BCUT2D eigenvalue weighted by molar-refractivity contribution is -0.137. The number of carbonyl (C=O) groups is 3. The highest BCUT2D eigenvalue weighted by atomic mass is 16.5. The van der Waals surface area contributed by atoms with Crippen LogP contribution in [-0.2, 0) is 9.59 Å². The van der Waals surface area contributed by atoms with Crippen molar-refractivity contribution in [1.82, 2.24) is 14.7 Å². The van der Waals surface area contributed by atoms with Gasteiger partial charge in [0.25, 0.3) is 5.91 Å². The molecule has 0 aromatic heterocycles. The van der Waals surface area contributed by atoms with E-state index in [1.165, 1.54) is 0 Å². The summed E-state index contributed by atoms with van der Waals surface area (Å²) in [6.45, 7) is 8.41. The summed E-state index contributed by atoms with van der Waals surface area (Å²) in [5, 5.41) is 0. The zero-order valence-electron chi connectivity index (χ0n) is 17.1. The van der Waals surface area contributed by atoms with Crippen molar-refractivity contribution in [3.05, 3.63) is 29.8 Å². The molecule has 3 amide bonds. The Bertz CT molecular complexity index is 763. The first kappa shape index (κ1) is 20.2. The molecule has 0 saturated carbocycles. The van der Waals surface area contributed by atoms with Gasteiger partial charge in [0, 0.05) is 50.2 Å². The SMILES string of the molecule is COc1cccc(C(=O)N2CCN(C(=O)C3CC(=O)N(C(C)(C)C)C3)CC2)c1. The first-order chi connectivity index (χ1) is 13.2. The van der Waals surface area contributed by atoms with Gasteiger partial charge in [-0.15, -0.1) is 0 Å². The summed E-state index contributed by atoms with van der Waals surface area (Å²) in [6.07, 6.45) is 0.277. The van der Waals surface area contributed by atoms with E-state index in [1.54, 1.807) is 46.1 Å². The van der Waals surface area contributed by atoms with Gasteiger partial charge in [-0.25, -0.2) is 0 Å². The highest BCUT2D eigenvalue weighted by Crippen LogP contribution is 2.27. The van der Waals surface area contributed by atoms with Gasteiger partial charge in [0.05, 0.1) is 13.0 Å². The first-order valence-corrected chi connectivity index (χ1v) is 9.73. The van der Waals surface area contributed by atoms with E-state index in [4.69, 9.17) is 4.74 Å². The highest BCUT2D eigenvalue weighted by Gasteiger charge is 2.41. The first-order valence-electron chi connectivity index (χ1n) is 9.73. The lowest BCUT2D eigenvalue weighted by atomic mass is 10.1. The van der Waals surface area contributed by atoms with E-state index in [0.717, 1.165) is 0 Å². The van der Waals surface area contributed by atoms with Gasteiger partial charge in [-0.05, 0) is 39.0 Å². The fraction of sp³-hybridized carbons (Fsp3) is 0.571. The maximum atomic E-state index is 12.9. The van der Waals surface area contributed by atoms with E-state index >= 15 is 0 Å². The van der Waals surface area contributed by atoms with E-state index in [0.29, 0.717) is 44.0 Å². The van der Waals surface area contributed by atoms with Gasteiger partial charge < -0.3 is 19.4 Å². The van der Waals surface area contributed by atoms with Gasteiger partial charge in [0.1, 0.15) is 5.75 Å². The minimum Gasteiger partial charge on any atom is -0.497 e. The molecule has 152 valence electrons. The number of hydrogen-bond donors (Lipinski definition) is 0. The Labute approximate surface area is 166 Å². The third kappa shape index (κ3) is 4.13. The van der Waals surface area contributed by atoms with Crippen LogP contribution in [0.15, 0.2) is 24.3 Å². The van der Waals surface area contributed by atoms with Gasteiger partial charge in [-0.3, -0.25) is 14.4 Å². The summed E-state index contributed by atoms with van der Waals surface area (Å²) < 4.78 is 5.18. The number of piperazine rings is 1. The zero-order valence-corrected chi connectivity index (χ0v) is 17.1. The Morgan fingerprint density at radius 3 is 2.29 bits per heavy atom. The topological polar surface area (TPSA) is 70.2 Å². The largest absolute Gasteiger partial charge is 0.497 e. The van der Waals surface area contributed by atoms with Crippen LogP contribution in [0, 0.1) is 5.92 Å². The summed E-state index contributed by atoms with van der Waals surface area (Å²) in [5.74, 6) is 0.369. The average Bonchev–Trinajstić information content (AvgIpc) is 3.09. The number of methoxy groups -OCH3 is 1. The number of benzene rings is 1. The number of nitrogens with zero attached hydrogens (tertiary/aromatic N) is 3. The molecule has 28 heavy (non-hydrogen) atoms. The Morgan fingerprint density at radius 1 is 1.07 bits per heavy atom. The molecule has 2 aliphatic heterocycles. The number of carbonyl (C=O) groups excluding carboxylic acids is 3. The van der Waals surface area contributed by atoms with Crippen molar-refractivity contribution in [2.24, 2.45) is 5.92 Å². The number of ether oxygens (including phenoxy) is 1. The van der Waals surface area contributed by atoms with E-state index < -0.39 is 0 Å². The molecule has 2 aliphatic rings. The molecule has 0 N–H and O–H groups in total. The van der Waals surface area contributed by atoms with Crippen LogP contribution in [0.3, 0.4) is 0 Å². The summed E-state index contributed by atoms with van der Waals surface area (Å²) >= 11 is 0. The summed E-state index contributed by atoms with van der Waals surface area (Å²) in [7, 11) is 1.57. The predicted molar refractivity (Wildman–Crippen MR) is 105 cm³/mol. The van der Waals surface area contributed by atoms with E-state index in [9.17, 15) is 14.4 Å². The van der Waals surface area contributed by atoms with Crippen LogP contribution in [0.4, 0.5) is 0 Å². The summed E-state index contributed by atoms with van der Waals surface area (Å²) in [4.78, 5) is 43.2. The number of likely N-dealkylation sites (tertiary alicyclic amines) is 1. The fourth-order valence-corrected chi connectivity index (χ4v) is 3.85. The lowest BCUT2D eigenvalue weighted by Crippen LogP contribution is -2.52. The average molecular weight is 387 g/mol. The Kier molecular flexibility index (Phi) is 5.63. The van der Waals surface area contributed by atoms with Crippen LogP contribution in [0.5, 0.6) is 5.75 Å². The molecule has 2 saturated heterocycles. The Hall–Kier alpha value is -2.57. The van der Waals surface area contributed by atoms with Crippen molar-refractivity contribution in [1.29, 1.82) is 0 Å². The lowest BCUT2D eigenvalue weighted by Gasteiger charge is -2.36. The maximum Gasteiger partial charge on any atom is 0.254 e. The second-order valence-electron chi connectivity index (χ2n) is 8.43.